The number of nitrogens with one attached hydrogen (secondary N) is 1. The van der Waals surface area contributed by atoms with E-state index in [1.165, 1.54) is 12.8 Å². The first-order chi connectivity index (χ1) is 7.23. The summed E-state index contributed by atoms with van der Waals surface area (Å²) in [5, 5.41) is 3.38. The maximum atomic E-state index is 5.94. The fourth-order valence-corrected chi connectivity index (χ4v) is 2.39. The van der Waals surface area contributed by atoms with E-state index in [2.05, 4.69) is 18.2 Å². The zero-order chi connectivity index (χ0) is 11.1. The first kappa shape index (κ1) is 12.5. The smallest absolute Gasteiger partial charge is 0.0806 e. The molecule has 2 nitrogen and oxygen atoms in total. The molecule has 0 aromatic carbocycles. The molecule has 0 aliphatic carbocycles. The van der Waals surface area contributed by atoms with Gasteiger partial charge in [0.25, 0.3) is 0 Å². The lowest BCUT2D eigenvalue weighted by Gasteiger charge is -2.40. The maximum Gasteiger partial charge on any atom is 0.0806 e. The van der Waals surface area contributed by atoms with Crippen molar-refractivity contribution in [3.05, 3.63) is 0 Å². The van der Waals surface area contributed by atoms with Crippen LogP contribution < -0.4 is 5.32 Å². The molecule has 1 rings (SSSR count). The lowest BCUT2D eigenvalue weighted by Crippen LogP contribution is -2.51. The van der Waals surface area contributed by atoms with Crippen molar-refractivity contribution in [1.29, 1.82) is 0 Å². The Morgan fingerprint density at radius 2 is 2.33 bits per heavy atom. The number of ether oxygens (including phenoxy) is 1. The molecule has 2 heteroatoms. The zero-order valence-electron chi connectivity index (χ0n) is 10.0. The number of terminal acetylenes is 1. The average molecular weight is 209 g/mol. The third kappa shape index (κ3) is 3.52. The van der Waals surface area contributed by atoms with E-state index >= 15 is 0 Å². The molecule has 2 atom stereocenters. The van der Waals surface area contributed by atoms with Gasteiger partial charge in [0.05, 0.1) is 5.60 Å². The van der Waals surface area contributed by atoms with Crippen molar-refractivity contribution in [2.75, 3.05) is 13.7 Å². The summed E-state index contributed by atoms with van der Waals surface area (Å²) in [6.45, 7) is 3.13. The minimum Gasteiger partial charge on any atom is -0.374 e. The van der Waals surface area contributed by atoms with E-state index in [4.69, 9.17) is 11.2 Å². The van der Waals surface area contributed by atoms with Gasteiger partial charge in [-0.1, -0.05) is 0 Å². The topological polar surface area (TPSA) is 21.3 Å². The number of rotatable bonds is 5. The Hall–Kier alpha value is -0.520. The third-order valence-electron chi connectivity index (χ3n) is 3.40. The number of unbranched alkanes of at least 4 members (excludes halogenated alkanes) is 1. The summed E-state index contributed by atoms with van der Waals surface area (Å²) in [4.78, 5) is 0. The summed E-state index contributed by atoms with van der Waals surface area (Å²) in [5.74, 6) is 2.69. The Bertz CT molecular complexity index is 213. The Labute approximate surface area is 93.8 Å². The van der Waals surface area contributed by atoms with Crippen LogP contribution >= 0.6 is 0 Å². The first-order valence-corrected chi connectivity index (χ1v) is 5.97. The SMILES string of the molecule is C#CCCCC(NC)C1(C)CCCCO1. The summed E-state index contributed by atoms with van der Waals surface area (Å²) in [6.07, 6.45) is 12.0. The van der Waals surface area contributed by atoms with Crippen molar-refractivity contribution in [1.82, 2.24) is 5.32 Å². The van der Waals surface area contributed by atoms with Gasteiger partial charge in [0.1, 0.15) is 0 Å². The Kier molecular flexibility index (Phi) is 5.14. The fourth-order valence-electron chi connectivity index (χ4n) is 2.39. The van der Waals surface area contributed by atoms with E-state index in [-0.39, 0.29) is 5.60 Å². The van der Waals surface area contributed by atoms with Crippen LogP contribution in [0.15, 0.2) is 0 Å². The van der Waals surface area contributed by atoms with Crippen molar-refractivity contribution in [2.24, 2.45) is 0 Å². The largest absolute Gasteiger partial charge is 0.374 e. The molecular formula is C13H23NO. The van der Waals surface area contributed by atoms with Crippen molar-refractivity contribution < 1.29 is 4.74 Å². The van der Waals surface area contributed by atoms with E-state index in [1.54, 1.807) is 0 Å². The number of hydrogen-bond donors (Lipinski definition) is 1. The molecule has 0 aromatic heterocycles. The van der Waals surface area contributed by atoms with Crippen LogP contribution in [0.4, 0.5) is 0 Å². The quantitative estimate of drug-likeness (QED) is 0.554. The molecule has 1 aliphatic rings. The molecule has 86 valence electrons. The van der Waals surface area contributed by atoms with Gasteiger partial charge in [0.2, 0.25) is 0 Å². The molecule has 1 heterocycles. The highest BCUT2D eigenvalue weighted by atomic mass is 16.5. The predicted molar refractivity (Wildman–Crippen MR) is 63.7 cm³/mol. The molecule has 0 radical (unpaired) electrons. The van der Waals surface area contributed by atoms with Gasteiger partial charge >= 0.3 is 0 Å². The molecule has 1 saturated heterocycles. The van der Waals surface area contributed by atoms with Crippen LogP contribution in [-0.2, 0) is 4.74 Å². The van der Waals surface area contributed by atoms with Crippen LogP contribution in [0.1, 0.15) is 45.4 Å². The van der Waals surface area contributed by atoms with Gasteiger partial charge in [0, 0.05) is 19.1 Å². The highest BCUT2D eigenvalue weighted by molar-refractivity contribution is 4.92. The van der Waals surface area contributed by atoms with E-state index in [0.29, 0.717) is 6.04 Å². The maximum absolute atomic E-state index is 5.94. The summed E-state index contributed by atoms with van der Waals surface area (Å²) >= 11 is 0. The van der Waals surface area contributed by atoms with Crippen LogP contribution in [-0.4, -0.2) is 25.3 Å². The molecule has 0 spiro atoms. The van der Waals surface area contributed by atoms with Crippen LogP contribution in [0.2, 0.25) is 0 Å². The van der Waals surface area contributed by atoms with E-state index in [9.17, 15) is 0 Å². The van der Waals surface area contributed by atoms with Crippen LogP contribution in [0.3, 0.4) is 0 Å². The van der Waals surface area contributed by atoms with E-state index in [1.807, 2.05) is 7.05 Å². The monoisotopic (exact) mass is 209 g/mol. The lowest BCUT2D eigenvalue weighted by molar-refractivity contribution is -0.0889. The van der Waals surface area contributed by atoms with Gasteiger partial charge in [-0.15, -0.1) is 12.3 Å². The van der Waals surface area contributed by atoms with Gasteiger partial charge in [-0.3, -0.25) is 0 Å². The number of hydrogen-bond acceptors (Lipinski definition) is 2. The molecule has 1 N–H and O–H groups in total. The first-order valence-electron chi connectivity index (χ1n) is 5.97. The van der Waals surface area contributed by atoms with Gasteiger partial charge in [-0.2, -0.15) is 0 Å². The average Bonchev–Trinajstić information content (AvgIpc) is 2.25. The molecule has 1 fully saturated rings. The second-order valence-electron chi connectivity index (χ2n) is 4.56. The van der Waals surface area contributed by atoms with Gasteiger partial charge in [0.15, 0.2) is 0 Å². The molecule has 0 aromatic rings. The highest BCUT2D eigenvalue weighted by Gasteiger charge is 2.35. The van der Waals surface area contributed by atoms with Gasteiger partial charge in [-0.25, -0.2) is 0 Å². The second-order valence-corrected chi connectivity index (χ2v) is 4.56. The Morgan fingerprint density at radius 3 is 2.87 bits per heavy atom. The third-order valence-corrected chi connectivity index (χ3v) is 3.40. The molecule has 0 bridgehead atoms. The summed E-state index contributed by atoms with van der Waals surface area (Å²) < 4.78 is 5.94. The molecule has 0 amide bonds. The molecule has 0 saturated carbocycles. The minimum absolute atomic E-state index is 0.0155. The fraction of sp³-hybridized carbons (Fsp3) is 0.846. The summed E-state index contributed by atoms with van der Waals surface area (Å²) in [6, 6.07) is 0.436. The molecule has 2 unspecified atom stereocenters. The molecule has 1 aliphatic heterocycles. The second kappa shape index (κ2) is 6.15. The Morgan fingerprint density at radius 1 is 1.53 bits per heavy atom. The molecule has 15 heavy (non-hydrogen) atoms. The van der Waals surface area contributed by atoms with Crippen molar-refractivity contribution in [3.63, 3.8) is 0 Å². The van der Waals surface area contributed by atoms with Crippen molar-refractivity contribution in [3.8, 4) is 12.3 Å². The van der Waals surface area contributed by atoms with Crippen LogP contribution in [0.25, 0.3) is 0 Å². The van der Waals surface area contributed by atoms with Crippen molar-refractivity contribution >= 4 is 0 Å². The zero-order valence-corrected chi connectivity index (χ0v) is 10.0. The van der Waals surface area contributed by atoms with Crippen LogP contribution in [0, 0.1) is 12.3 Å². The van der Waals surface area contributed by atoms with E-state index in [0.717, 1.165) is 32.3 Å². The standard InChI is InChI=1S/C13H23NO/c1-4-5-6-9-12(14-3)13(2)10-7-8-11-15-13/h1,12,14H,5-11H2,2-3H3. The minimum atomic E-state index is 0.0155. The number of likely N-dealkylation sites (N-methyl/N-ethyl adjacent to an activating group) is 1. The van der Waals surface area contributed by atoms with E-state index < -0.39 is 0 Å². The molecular weight excluding hydrogens is 186 g/mol. The highest BCUT2D eigenvalue weighted by Crippen LogP contribution is 2.29. The summed E-state index contributed by atoms with van der Waals surface area (Å²) in [7, 11) is 2.02. The van der Waals surface area contributed by atoms with Gasteiger partial charge < -0.3 is 10.1 Å². The normalized spacial score (nSPS) is 28.3. The Balaban J connectivity index is 2.44. The summed E-state index contributed by atoms with van der Waals surface area (Å²) in [5.41, 5.74) is 0.0155. The van der Waals surface area contributed by atoms with Gasteiger partial charge in [-0.05, 0) is 46.1 Å². The van der Waals surface area contributed by atoms with Crippen LogP contribution in [0.5, 0.6) is 0 Å². The van der Waals surface area contributed by atoms with Crippen molar-refractivity contribution in [2.45, 2.75) is 57.1 Å². The lowest BCUT2D eigenvalue weighted by atomic mass is 9.85. The predicted octanol–water partition coefficient (Wildman–Crippen LogP) is 2.34.